The van der Waals surface area contributed by atoms with Crippen molar-refractivity contribution in [1.29, 1.82) is 0 Å². The molecule has 0 aliphatic carbocycles. The van der Waals surface area contributed by atoms with E-state index in [2.05, 4.69) is 22.1 Å². The lowest BCUT2D eigenvalue weighted by Crippen LogP contribution is -2.04. The molecule has 0 saturated carbocycles. The van der Waals surface area contributed by atoms with Crippen LogP contribution in [0.15, 0.2) is 22.6 Å². The fraction of sp³-hybridized carbons (Fsp3) is 0.500. The molecule has 1 unspecified atom stereocenters. The molecule has 4 heteroatoms. The van der Waals surface area contributed by atoms with Crippen molar-refractivity contribution in [2.45, 2.75) is 31.7 Å². The largest absolute Gasteiger partial charge is 0.484 e. The second kappa shape index (κ2) is 5.80. The fourth-order valence-electron chi connectivity index (χ4n) is 1.75. The van der Waals surface area contributed by atoms with E-state index in [1.807, 2.05) is 11.6 Å². The zero-order valence-electron chi connectivity index (χ0n) is 9.43. The number of hydrogen-bond donors (Lipinski definition) is 0. The van der Waals surface area contributed by atoms with Crippen molar-refractivity contribution in [3.63, 3.8) is 0 Å². The van der Waals surface area contributed by atoms with Crippen molar-refractivity contribution in [1.82, 2.24) is 4.98 Å². The highest BCUT2D eigenvalue weighted by Gasteiger charge is 2.10. The molecule has 0 amide bonds. The standard InChI is InChI=1S/C12H16N2OS/c1-15-11-5-3-2-4-10(14-11)6-7-12-13-8-9-16-12/h6-10H,2-5H2,1H3/b7-6+. The first-order chi connectivity index (χ1) is 7.88. The third-order valence-electron chi connectivity index (χ3n) is 2.60. The van der Waals surface area contributed by atoms with Crippen LogP contribution in [0.2, 0.25) is 0 Å². The molecule has 1 aromatic heterocycles. The van der Waals surface area contributed by atoms with Crippen LogP contribution in [0.1, 0.15) is 30.7 Å². The van der Waals surface area contributed by atoms with Gasteiger partial charge >= 0.3 is 0 Å². The molecule has 0 fully saturated rings. The summed E-state index contributed by atoms with van der Waals surface area (Å²) < 4.78 is 5.24. The first-order valence-corrected chi connectivity index (χ1v) is 6.45. The highest BCUT2D eigenvalue weighted by atomic mass is 32.1. The Morgan fingerprint density at radius 1 is 1.50 bits per heavy atom. The van der Waals surface area contributed by atoms with E-state index in [1.165, 1.54) is 12.8 Å². The lowest BCUT2D eigenvalue weighted by Gasteiger charge is -2.05. The molecular weight excluding hydrogens is 220 g/mol. The van der Waals surface area contributed by atoms with Gasteiger partial charge in [-0.1, -0.05) is 12.5 Å². The zero-order chi connectivity index (χ0) is 11.2. The van der Waals surface area contributed by atoms with Crippen LogP contribution in [-0.2, 0) is 4.74 Å². The number of hydrogen-bond acceptors (Lipinski definition) is 4. The van der Waals surface area contributed by atoms with E-state index in [1.54, 1.807) is 18.4 Å². The van der Waals surface area contributed by atoms with E-state index in [4.69, 9.17) is 4.74 Å². The van der Waals surface area contributed by atoms with Gasteiger partial charge in [0.15, 0.2) is 5.90 Å². The SMILES string of the molecule is COC1=NC(/C=C/c2nccs2)CCCC1. The number of aromatic nitrogens is 1. The molecular formula is C12H16N2OS. The normalized spacial score (nSPS) is 21.8. The molecule has 0 saturated heterocycles. The number of thiazole rings is 1. The van der Waals surface area contributed by atoms with Gasteiger partial charge in [-0.2, -0.15) is 0 Å². The van der Waals surface area contributed by atoms with Crippen LogP contribution in [0.4, 0.5) is 0 Å². The summed E-state index contributed by atoms with van der Waals surface area (Å²) in [6, 6.07) is 0.251. The van der Waals surface area contributed by atoms with E-state index >= 15 is 0 Å². The Balaban J connectivity index is 2.02. The zero-order valence-corrected chi connectivity index (χ0v) is 10.2. The summed E-state index contributed by atoms with van der Waals surface area (Å²) in [5.74, 6) is 0.881. The Labute approximate surface area is 99.9 Å². The predicted octanol–water partition coefficient (Wildman–Crippen LogP) is 3.14. The van der Waals surface area contributed by atoms with Gasteiger partial charge in [0.25, 0.3) is 0 Å². The predicted molar refractivity (Wildman–Crippen MR) is 67.8 cm³/mol. The molecule has 1 aliphatic rings. The van der Waals surface area contributed by atoms with Crippen LogP contribution >= 0.6 is 11.3 Å². The van der Waals surface area contributed by atoms with Crippen LogP contribution in [0.25, 0.3) is 6.08 Å². The van der Waals surface area contributed by atoms with E-state index in [0.29, 0.717) is 0 Å². The molecule has 2 rings (SSSR count). The Hall–Kier alpha value is -1.16. The Bertz CT molecular complexity index is 370. The summed E-state index contributed by atoms with van der Waals surface area (Å²) in [5.41, 5.74) is 0. The van der Waals surface area contributed by atoms with E-state index in [9.17, 15) is 0 Å². The van der Waals surface area contributed by atoms with E-state index in [0.717, 1.165) is 23.7 Å². The Kier molecular flexibility index (Phi) is 4.10. The minimum absolute atomic E-state index is 0.251. The monoisotopic (exact) mass is 236 g/mol. The molecule has 2 heterocycles. The van der Waals surface area contributed by atoms with Gasteiger partial charge < -0.3 is 4.74 Å². The van der Waals surface area contributed by atoms with Crippen LogP contribution in [0.5, 0.6) is 0 Å². The molecule has 3 nitrogen and oxygen atoms in total. The van der Waals surface area contributed by atoms with Gasteiger partial charge in [-0.25, -0.2) is 9.98 Å². The van der Waals surface area contributed by atoms with Crippen molar-refractivity contribution in [2.75, 3.05) is 7.11 Å². The van der Waals surface area contributed by atoms with Crippen molar-refractivity contribution < 1.29 is 4.74 Å². The minimum atomic E-state index is 0.251. The second-order valence-electron chi connectivity index (χ2n) is 3.77. The Morgan fingerprint density at radius 3 is 3.19 bits per heavy atom. The average Bonchev–Trinajstić information content (AvgIpc) is 2.71. The third-order valence-corrected chi connectivity index (χ3v) is 3.34. The van der Waals surface area contributed by atoms with Crippen molar-refractivity contribution in [3.05, 3.63) is 22.7 Å². The van der Waals surface area contributed by atoms with Crippen LogP contribution in [0.3, 0.4) is 0 Å². The maximum atomic E-state index is 5.24. The fourth-order valence-corrected chi connectivity index (χ4v) is 2.29. The van der Waals surface area contributed by atoms with Gasteiger partial charge in [-0.15, -0.1) is 11.3 Å². The number of aliphatic imine (C=N–C) groups is 1. The van der Waals surface area contributed by atoms with Crippen molar-refractivity contribution >= 4 is 23.3 Å². The summed E-state index contributed by atoms with van der Waals surface area (Å²) >= 11 is 1.65. The lowest BCUT2D eigenvalue weighted by molar-refractivity contribution is 0.387. The van der Waals surface area contributed by atoms with E-state index < -0.39 is 0 Å². The summed E-state index contributed by atoms with van der Waals surface area (Å²) in [5, 5.41) is 3.02. The number of nitrogens with zero attached hydrogens (tertiary/aromatic N) is 2. The van der Waals surface area contributed by atoms with Gasteiger partial charge in [0.05, 0.1) is 13.2 Å². The average molecular weight is 236 g/mol. The lowest BCUT2D eigenvalue weighted by atomic mass is 10.1. The molecule has 1 atom stereocenters. The van der Waals surface area contributed by atoms with Gasteiger partial charge in [0.1, 0.15) is 5.01 Å². The van der Waals surface area contributed by atoms with Crippen LogP contribution in [0, 0.1) is 0 Å². The molecule has 0 spiro atoms. The molecule has 0 bridgehead atoms. The quantitative estimate of drug-likeness (QED) is 0.790. The number of methoxy groups -OCH3 is 1. The summed E-state index contributed by atoms with van der Waals surface area (Å²) in [7, 11) is 1.70. The van der Waals surface area contributed by atoms with Crippen LogP contribution in [-0.4, -0.2) is 24.0 Å². The minimum Gasteiger partial charge on any atom is -0.484 e. The van der Waals surface area contributed by atoms with Gasteiger partial charge in [-0.05, 0) is 18.9 Å². The molecule has 0 aromatic carbocycles. The number of rotatable bonds is 2. The number of ether oxygens (including phenoxy) is 1. The molecule has 1 aromatic rings. The highest BCUT2D eigenvalue weighted by Crippen LogP contribution is 2.16. The van der Waals surface area contributed by atoms with Crippen molar-refractivity contribution in [3.8, 4) is 0 Å². The maximum absolute atomic E-state index is 5.24. The molecule has 0 radical (unpaired) electrons. The van der Waals surface area contributed by atoms with Gasteiger partial charge in [0.2, 0.25) is 0 Å². The van der Waals surface area contributed by atoms with Gasteiger partial charge in [0, 0.05) is 18.0 Å². The first kappa shape index (κ1) is 11.3. The van der Waals surface area contributed by atoms with E-state index in [-0.39, 0.29) is 6.04 Å². The Morgan fingerprint density at radius 2 is 2.44 bits per heavy atom. The summed E-state index contributed by atoms with van der Waals surface area (Å²) in [4.78, 5) is 8.79. The maximum Gasteiger partial charge on any atom is 0.183 e. The second-order valence-corrected chi connectivity index (χ2v) is 4.70. The summed E-state index contributed by atoms with van der Waals surface area (Å²) in [6.45, 7) is 0. The molecule has 16 heavy (non-hydrogen) atoms. The van der Waals surface area contributed by atoms with Crippen molar-refractivity contribution in [2.24, 2.45) is 4.99 Å². The third kappa shape index (κ3) is 3.17. The highest BCUT2D eigenvalue weighted by molar-refractivity contribution is 7.10. The molecule has 1 aliphatic heterocycles. The smallest absolute Gasteiger partial charge is 0.183 e. The first-order valence-electron chi connectivity index (χ1n) is 5.57. The molecule has 0 N–H and O–H groups in total. The molecule has 86 valence electrons. The summed E-state index contributed by atoms with van der Waals surface area (Å²) in [6.07, 6.45) is 10.5. The topological polar surface area (TPSA) is 34.5 Å². The van der Waals surface area contributed by atoms with Crippen LogP contribution < -0.4 is 0 Å². The van der Waals surface area contributed by atoms with Gasteiger partial charge in [-0.3, -0.25) is 0 Å².